The number of hydrogen-bond acceptors (Lipinski definition) is 4. The number of fused-ring (bicyclic) bond motifs is 3. The summed E-state index contributed by atoms with van der Waals surface area (Å²) in [6.07, 6.45) is 0. The van der Waals surface area contributed by atoms with Crippen LogP contribution in [-0.2, 0) is 0 Å². The van der Waals surface area contributed by atoms with Gasteiger partial charge in [-0.3, -0.25) is 0 Å². The van der Waals surface area contributed by atoms with E-state index < -0.39 is 0 Å². The Bertz CT molecular complexity index is 1950. The van der Waals surface area contributed by atoms with Crippen LogP contribution in [0.25, 0.3) is 36.1 Å². The predicted octanol–water partition coefficient (Wildman–Crippen LogP) is 9.49. The van der Waals surface area contributed by atoms with Gasteiger partial charge < -0.3 is 4.90 Å². The molecule has 4 nitrogen and oxygen atoms in total. The van der Waals surface area contributed by atoms with Crippen molar-refractivity contribution in [1.82, 2.24) is 0 Å². The zero-order valence-corrected chi connectivity index (χ0v) is 20.9. The Kier molecular flexibility index (Phi) is 5.79. The van der Waals surface area contributed by atoms with Gasteiger partial charge >= 0.3 is 0 Å². The van der Waals surface area contributed by atoms with Gasteiger partial charge in [-0.2, -0.15) is 10.5 Å². The fourth-order valence-electron chi connectivity index (χ4n) is 4.69. The molecule has 6 rings (SSSR count). The van der Waals surface area contributed by atoms with Gasteiger partial charge in [0.2, 0.25) is 0 Å². The van der Waals surface area contributed by atoms with E-state index in [1.54, 1.807) is 23.5 Å². The number of nitrogens with zero attached hydrogens (tertiary/aromatic N) is 4. The van der Waals surface area contributed by atoms with Crippen LogP contribution in [0.15, 0.2) is 109 Å². The van der Waals surface area contributed by atoms with Crippen molar-refractivity contribution in [2.75, 3.05) is 4.90 Å². The average molecular weight is 503 g/mol. The van der Waals surface area contributed by atoms with E-state index in [2.05, 4.69) is 76.5 Å². The van der Waals surface area contributed by atoms with E-state index in [0.717, 1.165) is 28.2 Å². The molecule has 0 aliphatic rings. The fraction of sp³-hybridized carbons (Fsp3) is 0. The first-order chi connectivity index (χ1) is 18.7. The third kappa shape index (κ3) is 4.02. The molecule has 0 aliphatic heterocycles. The summed E-state index contributed by atoms with van der Waals surface area (Å²) in [4.78, 5) is 5.73. The summed E-state index contributed by atoms with van der Waals surface area (Å²) in [5, 5.41) is 21.1. The molecule has 0 saturated heterocycles. The highest BCUT2D eigenvalue weighted by molar-refractivity contribution is 7.25. The Morgan fingerprint density at radius 1 is 0.605 bits per heavy atom. The Labute approximate surface area is 224 Å². The number of hydrogen-bond donors (Lipinski definition) is 0. The number of thiophene rings is 1. The average Bonchev–Trinajstić information content (AvgIpc) is 3.36. The molecule has 6 aromatic rings. The van der Waals surface area contributed by atoms with Crippen molar-refractivity contribution in [2.45, 2.75) is 0 Å². The molecular formula is C33H18N4S. The lowest BCUT2D eigenvalue weighted by Gasteiger charge is -2.26. The maximum atomic E-state index is 9.43. The molecular weight excluding hydrogens is 484 g/mol. The molecule has 1 heterocycles. The molecule has 5 heteroatoms. The Morgan fingerprint density at radius 2 is 1.24 bits per heavy atom. The number of nitriles is 2. The van der Waals surface area contributed by atoms with Crippen LogP contribution in [0.5, 0.6) is 0 Å². The standard InChI is InChI=1S/C33H18N4S/c1-36-26-10-14-28(15-11-26)37(29-16-17-33-31(19-29)30-4-2-3-5-32(30)38-33)27-12-8-22(9-13-27)23-6-7-24(20-34)25(18-23)21-35/h2-19H. The van der Waals surface area contributed by atoms with Crippen molar-refractivity contribution in [1.29, 1.82) is 10.5 Å². The van der Waals surface area contributed by atoms with Gasteiger partial charge in [-0.25, -0.2) is 4.85 Å². The second kappa shape index (κ2) is 9.57. The summed E-state index contributed by atoms with van der Waals surface area (Å²) in [6.45, 7) is 7.33. The third-order valence-electron chi connectivity index (χ3n) is 6.57. The molecule has 0 N–H and O–H groups in total. The minimum absolute atomic E-state index is 0.367. The third-order valence-corrected chi connectivity index (χ3v) is 7.73. The lowest BCUT2D eigenvalue weighted by molar-refractivity contribution is 1.29. The van der Waals surface area contributed by atoms with E-state index in [4.69, 9.17) is 6.57 Å². The first kappa shape index (κ1) is 23.0. The van der Waals surface area contributed by atoms with Gasteiger partial charge in [0.15, 0.2) is 5.69 Å². The van der Waals surface area contributed by atoms with Crippen molar-refractivity contribution in [3.63, 3.8) is 0 Å². The van der Waals surface area contributed by atoms with Crippen molar-refractivity contribution in [2.24, 2.45) is 0 Å². The Hall–Kier alpha value is -5.41. The lowest BCUT2D eigenvalue weighted by atomic mass is 9.99. The van der Waals surface area contributed by atoms with Crippen LogP contribution >= 0.6 is 11.3 Å². The molecule has 38 heavy (non-hydrogen) atoms. The first-order valence-electron chi connectivity index (χ1n) is 11.9. The van der Waals surface area contributed by atoms with Crippen LogP contribution < -0.4 is 4.90 Å². The molecule has 0 fully saturated rings. The first-order valence-corrected chi connectivity index (χ1v) is 12.7. The molecule has 0 aliphatic carbocycles. The largest absolute Gasteiger partial charge is 0.311 e. The second-order valence-corrected chi connectivity index (χ2v) is 9.86. The smallest absolute Gasteiger partial charge is 0.187 e. The summed E-state index contributed by atoms with van der Waals surface area (Å²) in [5.41, 5.74) is 6.12. The van der Waals surface area contributed by atoms with Crippen molar-refractivity contribution in [3.05, 3.63) is 132 Å². The summed E-state index contributed by atoms with van der Waals surface area (Å²) in [6, 6.07) is 40.2. The summed E-state index contributed by atoms with van der Waals surface area (Å²) >= 11 is 1.79. The van der Waals surface area contributed by atoms with Crippen LogP contribution in [0.2, 0.25) is 0 Å². The highest BCUT2D eigenvalue weighted by atomic mass is 32.1. The van der Waals surface area contributed by atoms with Gasteiger partial charge in [0.1, 0.15) is 12.1 Å². The van der Waals surface area contributed by atoms with Gasteiger partial charge in [-0.05, 0) is 71.8 Å². The minimum Gasteiger partial charge on any atom is -0.311 e. The van der Waals surface area contributed by atoms with E-state index >= 15 is 0 Å². The van der Waals surface area contributed by atoms with Crippen molar-refractivity contribution >= 4 is 54.3 Å². The summed E-state index contributed by atoms with van der Waals surface area (Å²) < 4.78 is 2.50. The molecule has 0 bridgehead atoms. The normalized spacial score (nSPS) is 10.6. The van der Waals surface area contributed by atoms with Crippen LogP contribution in [0.4, 0.5) is 22.7 Å². The van der Waals surface area contributed by atoms with E-state index in [0.29, 0.717) is 16.8 Å². The van der Waals surface area contributed by atoms with E-state index in [1.165, 1.54) is 20.2 Å². The van der Waals surface area contributed by atoms with Gasteiger partial charge in [0.05, 0.1) is 17.7 Å². The fourth-order valence-corrected chi connectivity index (χ4v) is 5.78. The highest BCUT2D eigenvalue weighted by Gasteiger charge is 2.15. The predicted molar refractivity (Wildman–Crippen MR) is 155 cm³/mol. The monoisotopic (exact) mass is 502 g/mol. The molecule has 1 aromatic heterocycles. The molecule has 0 spiro atoms. The van der Waals surface area contributed by atoms with Crippen LogP contribution in [-0.4, -0.2) is 0 Å². The van der Waals surface area contributed by atoms with Crippen LogP contribution in [0.3, 0.4) is 0 Å². The van der Waals surface area contributed by atoms with Crippen molar-refractivity contribution in [3.8, 4) is 23.3 Å². The topological polar surface area (TPSA) is 55.2 Å². The number of anilines is 3. The Balaban J connectivity index is 1.47. The zero-order chi connectivity index (χ0) is 26.1. The van der Waals surface area contributed by atoms with Crippen LogP contribution in [0.1, 0.15) is 11.1 Å². The van der Waals surface area contributed by atoms with Gasteiger partial charge in [0.25, 0.3) is 0 Å². The quantitative estimate of drug-likeness (QED) is 0.226. The van der Waals surface area contributed by atoms with Crippen LogP contribution in [0, 0.1) is 29.2 Å². The van der Waals surface area contributed by atoms with Gasteiger partial charge in [-0.15, -0.1) is 11.3 Å². The van der Waals surface area contributed by atoms with E-state index in [-0.39, 0.29) is 0 Å². The van der Waals surface area contributed by atoms with E-state index in [9.17, 15) is 10.5 Å². The number of benzene rings is 5. The molecule has 0 radical (unpaired) electrons. The maximum Gasteiger partial charge on any atom is 0.187 e. The number of rotatable bonds is 4. The molecule has 0 unspecified atom stereocenters. The maximum absolute atomic E-state index is 9.43. The molecule has 5 aromatic carbocycles. The Morgan fingerprint density at radius 3 is 1.95 bits per heavy atom. The SMILES string of the molecule is [C-]#[N+]c1ccc(N(c2ccc(-c3ccc(C#N)c(C#N)c3)cc2)c2ccc3sc4ccccc4c3c2)cc1. The lowest BCUT2D eigenvalue weighted by Crippen LogP contribution is -2.09. The summed E-state index contributed by atoms with van der Waals surface area (Å²) in [7, 11) is 0. The van der Waals surface area contributed by atoms with E-state index in [1.807, 2.05) is 42.5 Å². The molecule has 0 saturated carbocycles. The highest BCUT2D eigenvalue weighted by Crippen LogP contribution is 2.41. The minimum atomic E-state index is 0.367. The molecule has 0 atom stereocenters. The molecule has 0 amide bonds. The van der Waals surface area contributed by atoms with Gasteiger partial charge in [-0.1, -0.05) is 48.5 Å². The zero-order valence-electron chi connectivity index (χ0n) is 20.1. The molecule has 176 valence electrons. The second-order valence-electron chi connectivity index (χ2n) is 8.77. The van der Waals surface area contributed by atoms with Gasteiger partial charge in [0, 0.05) is 37.2 Å². The van der Waals surface area contributed by atoms with Crippen molar-refractivity contribution < 1.29 is 0 Å². The summed E-state index contributed by atoms with van der Waals surface area (Å²) in [5.74, 6) is 0.